The summed E-state index contributed by atoms with van der Waals surface area (Å²) in [5.41, 5.74) is 0.610. The van der Waals surface area contributed by atoms with Gasteiger partial charge in [-0.15, -0.1) is 0 Å². The van der Waals surface area contributed by atoms with Crippen molar-refractivity contribution in [3.63, 3.8) is 0 Å². The van der Waals surface area contributed by atoms with Gasteiger partial charge >= 0.3 is 0 Å². The van der Waals surface area contributed by atoms with Gasteiger partial charge < -0.3 is 10.1 Å². The van der Waals surface area contributed by atoms with Crippen LogP contribution in [0.5, 0.6) is 5.88 Å². The summed E-state index contributed by atoms with van der Waals surface area (Å²) in [5.74, 6) is 0.749. The van der Waals surface area contributed by atoms with E-state index in [9.17, 15) is 4.39 Å². The minimum atomic E-state index is -0.340. The Morgan fingerprint density at radius 1 is 1.35 bits per heavy atom. The molecule has 1 N–H and O–H groups in total. The van der Waals surface area contributed by atoms with E-state index in [1.807, 2.05) is 0 Å². The van der Waals surface area contributed by atoms with Gasteiger partial charge in [-0.3, -0.25) is 0 Å². The molecule has 0 aliphatic heterocycles. The van der Waals surface area contributed by atoms with Crippen molar-refractivity contribution in [1.29, 1.82) is 0 Å². The fourth-order valence-corrected chi connectivity index (χ4v) is 1.99. The zero-order chi connectivity index (χ0) is 15.0. The van der Waals surface area contributed by atoms with Gasteiger partial charge in [0.15, 0.2) is 5.82 Å². The van der Waals surface area contributed by atoms with Crippen LogP contribution in [0.15, 0.2) is 12.3 Å². The number of nitrogens with zero attached hydrogens (tertiary/aromatic N) is 1. The van der Waals surface area contributed by atoms with Crippen LogP contribution in [0.4, 0.5) is 4.39 Å². The van der Waals surface area contributed by atoms with E-state index in [-0.39, 0.29) is 11.7 Å². The van der Waals surface area contributed by atoms with Gasteiger partial charge in [0.1, 0.15) is 0 Å². The third-order valence-electron chi connectivity index (χ3n) is 3.09. The van der Waals surface area contributed by atoms with E-state index < -0.39 is 0 Å². The van der Waals surface area contributed by atoms with Gasteiger partial charge in [-0.05, 0) is 30.9 Å². The van der Waals surface area contributed by atoms with Gasteiger partial charge in [-0.2, -0.15) is 0 Å². The number of hydrogen-bond acceptors (Lipinski definition) is 3. The van der Waals surface area contributed by atoms with Crippen molar-refractivity contribution in [2.24, 2.45) is 11.8 Å². The molecule has 1 rings (SSSR count). The number of hydrogen-bond donors (Lipinski definition) is 1. The molecule has 0 spiro atoms. The van der Waals surface area contributed by atoms with Crippen LogP contribution in [-0.2, 0) is 6.54 Å². The zero-order valence-corrected chi connectivity index (χ0v) is 13.1. The number of pyridine rings is 1. The first-order valence-corrected chi connectivity index (χ1v) is 7.51. The Morgan fingerprint density at radius 2 is 2.10 bits per heavy atom. The lowest BCUT2D eigenvalue weighted by Crippen LogP contribution is -2.20. The quantitative estimate of drug-likeness (QED) is 0.748. The molecule has 0 saturated carbocycles. The Hall–Kier alpha value is -1.16. The van der Waals surface area contributed by atoms with Gasteiger partial charge in [-0.25, -0.2) is 9.37 Å². The fourth-order valence-electron chi connectivity index (χ4n) is 1.99. The molecule has 0 radical (unpaired) electrons. The van der Waals surface area contributed by atoms with Gasteiger partial charge in [0.2, 0.25) is 0 Å². The van der Waals surface area contributed by atoms with E-state index in [1.165, 1.54) is 0 Å². The molecule has 0 fully saturated rings. The van der Waals surface area contributed by atoms with Crippen molar-refractivity contribution in [2.75, 3.05) is 13.2 Å². The number of aromatic nitrogens is 1. The van der Waals surface area contributed by atoms with Gasteiger partial charge in [-0.1, -0.05) is 34.1 Å². The van der Waals surface area contributed by atoms with Crippen LogP contribution < -0.4 is 10.1 Å². The summed E-state index contributed by atoms with van der Waals surface area (Å²) in [6.45, 7) is 10.4. The number of halogens is 1. The zero-order valence-electron chi connectivity index (χ0n) is 13.1. The van der Waals surface area contributed by atoms with Crippen molar-refractivity contribution in [2.45, 2.75) is 47.1 Å². The van der Waals surface area contributed by atoms with Crippen LogP contribution in [0.2, 0.25) is 0 Å². The maximum Gasteiger partial charge on any atom is 0.250 e. The highest BCUT2D eigenvalue weighted by Crippen LogP contribution is 2.18. The van der Waals surface area contributed by atoms with E-state index in [4.69, 9.17) is 4.74 Å². The lowest BCUT2D eigenvalue weighted by molar-refractivity contribution is 0.231. The molecule has 1 heterocycles. The first-order chi connectivity index (χ1) is 9.54. The van der Waals surface area contributed by atoms with E-state index in [1.54, 1.807) is 12.3 Å². The van der Waals surface area contributed by atoms with E-state index in [2.05, 4.69) is 38.0 Å². The number of ether oxygens (including phenoxy) is 1. The van der Waals surface area contributed by atoms with Crippen molar-refractivity contribution >= 4 is 0 Å². The lowest BCUT2D eigenvalue weighted by Gasteiger charge is -2.13. The fraction of sp³-hybridized carbons (Fsp3) is 0.688. The molecule has 0 amide bonds. The Morgan fingerprint density at radius 3 is 2.75 bits per heavy atom. The topological polar surface area (TPSA) is 34.1 Å². The normalized spacial score (nSPS) is 12.7. The maximum atomic E-state index is 14.2. The van der Waals surface area contributed by atoms with Crippen LogP contribution in [0.25, 0.3) is 0 Å². The summed E-state index contributed by atoms with van der Waals surface area (Å²) in [6, 6.07) is 1.70. The van der Waals surface area contributed by atoms with Crippen LogP contribution in [0, 0.1) is 17.7 Å². The molecule has 0 aliphatic carbocycles. The molecule has 1 atom stereocenters. The molecule has 0 saturated heterocycles. The minimum absolute atomic E-state index is 0.122. The van der Waals surface area contributed by atoms with Gasteiger partial charge in [0.05, 0.1) is 6.61 Å². The second-order valence-electron chi connectivity index (χ2n) is 5.82. The molecule has 20 heavy (non-hydrogen) atoms. The maximum absolute atomic E-state index is 14.2. The van der Waals surface area contributed by atoms with Crippen LogP contribution in [0.1, 0.15) is 46.1 Å². The summed E-state index contributed by atoms with van der Waals surface area (Å²) in [7, 11) is 0. The molecule has 0 aliphatic rings. The SMILES string of the molecule is CCCC(C)COc1nccc(CNCC(C)C)c1F. The summed E-state index contributed by atoms with van der Waals surface area (Å²) < 4.78 is 19.7. The van der Waals surface area contributed by atoms with E-state index in [0.717, 1.165) is 19.4 Å². The number of nitrogens with one attached hydrogen (secondary N) is 1. The second kappa shape index (κ2) is 8.90. The Balaban J connectivity index is 2.55. The first-order valence-electron chi connectivity index (χ1n) is 7.51. The second-order valence-corrected chi connectivity index (χ2v) is 5.82. The Labute approximate surface area is 121 Å². The lowest BCUT2D eigenvalue weighted by atomic mass is 10.1. The third kappa shape index (κ3) is 5.87. The first kappa shape index (κ1) is 16.9. The molecule has 3 nitrogen and oxygen atoms in total. The molecule has 0 bridgehead atoms. The van der Waals surface area contributed by atoms with E-state index >= 15 is 0 Å². The monoisotopic (exact) mass is 282 g/mol. The molecular weight excluding hydrogens is 255 g/mol. The van der Waals surface area contributed by atoms with Crippen molar-refractivity contribution < 1.29 is 9.13 Å². The standard InChI is InChI=1S/C16H27FN2O/c1-5-6-13(4)11-20-16-15(17)14(7-8-19-16)10-18-9-12(2)3/h7-8,12-13,18H,5-6,9-11H2,1-4H3. The van der Waals surface area contributed by atoms with Crippen LogP contribution in [0.3, 0.4) is 0 Å². The summed E-state index contributed by atoms with van der Waals surface area (Å²) in [4.78, 5) is 3.99. The van der Waals surface area contributed by atoms with Crippen LogP contribution >= 0.6 is 0 Å². The largest absolute Gasteiger partial charge is 0.475 e. The molecule has 1 unspecified atom stereocenters. The molecule has 114 valence electrons. The molecule has 0 aromatic carbocycles. The Kier molecular flexibility index (Phi) is 7.52. The molecule has 1 aromatic rings. The van der Waals surface area contributed by atoms with Crippen molar-refractivity contribution in [1.82, 2.24) is 10.3 Å². The average Bonchev–Trinajstić information content (AvgIpc) is 2.39. The minimum Gasteiger partial charge on any atom is -0.475 e. The summed E-state index contributed by atoms with van der Waals surface area (Å²) in [5, 5.41) is 3.23. The van der Waals surface area contributed by atoms with Crippen molar-refractivity contribution in [3.8, 4) is 5.88 Å². The highest BCUT2D eigenvalue weighted by atomic mass is 19.1. The highest BCUT2D eigenvalue weighted by Gasteiger charge is 2.12. The Bertz CT molecular complexity index is 396. The van der Waals surface area contributed by atoms with Crippen LogP contribution in [-0.4, -0.2) is 18.1 Å². The average molecular weight is 282 g/mol. The van der Waals surface area contributed by atoms with Gasteiger partial charge in [0.25, 0.3) is 5.88 Å². The van der Waals surface area contributed by atoms with E-state index in [0.29, 0.717) is 30.6 Å². The summed E-state index contributed by atoms with van der Waals surface area (Å²) in [6.07, 6.45) is 3.80. The molecule has 1 aromatic heterocycles. The smallest absolute Gasteiger partial charge is 0.250 e. The summed E-state index contributed by atoms with van der Waals surface area (Å²) >= 11 is 0. The highest BCUT2D eigenvalue weighted by molar-refractivity contribution is 5.23. The molecular formula is C16H27FN2O. The van der Waals surface area contributed by atoms with Gasteiger partial charge in [0, 0.05) is 18.3 Å². The van der Waals surface area contributed by atoms with Crippen molar-refractivity contribution in [3.05, 3.63) is 23.6 Å². The predicted molar refractivity (Wildman–Crippen MR) is 80.3 cm³/mol. The third-order valence-corrected chi connectivity index (χ3v) is 3.09. The molecule has 4 heteroatoms. The predicted octanol–water partition coefficient (Wildman–Crippen LogP) is 3.78. The number of rotatable bonds is 9.